The topological polar surface area (TPSA) is 478 Å². The predicted octanol–water partition coefficient (Wildman–Crippen LogP) is -7.25. The van der Waals surface area contributed by atoms with Gasteiger partial charge in [-0.2, -0.15) is 0 Å². The number of aliphatic hydroxyl groups is 8. The first kappa shape index (κ1) is 93.3. The van der Waals surface area contributed by atoms with Crippen molar-refractivity contribution in [3.8, 4) is 0 Å². The van der Waals surface area contributed by atoms with Crippen molar-refractivity contribution in [3.05, 3.63) is 0 Å². The number of aliphatic hydroxyl groups excluding tert-OH is 8. The second-order valence-corrected chi connectivity index (χ2v) is 20.3. The molecule has 0 saturated carbocycles. The highest BCUT2D eigenvalue weighted by Gasteiger charge is 2.39. The second-order valence-electron chi connectivity index (χ2n) is 20.3. The summed E-state index contributed by atoms with van der Waals surface area (Å²) in [5.41, 5.74) is 10.9. The van der Waals surface area contributed by atoms with Crippen molar-refractivity contribution in [2.24, 2.45) is 11.5 Å². The summed E-state index contributed by atoms with van der Waals surface area (Å²) in [6.45, 7) is 25.6. The van der Waals surface area contributed by atoms with Crippen molar-refractivity contribution < 1.29 is 88.7 Å². The zero-order chi connectivity index (χ0) is 67.8. The highest BCUT2D eigenvalue weighted by atomic mass is 35.5. The Balaban J connectivity index is -0.000000415. The Morgan fingerprint density at radius 1 is 0.382 bits per heavy atom. The smallest absolute Gasteiger partial charge is 0.325 e. The maximum Gasteiger partial charge on any atom is 0.325 e. The standard InChI is InChI=1S/C27H55N7O8.C13H21NO10.2C8H21N3.ClH/c1-5-8-14-33(12-6-2)16-10-29-20(35)18-31-26(41)24(39)22(37)23(38)25(40)27(42)32-19-21(36)30-11-17-34(13-7-3)15-9-28-4;1-23-7(16)4-3-6(15)9(18)10(19)11(20)12(21)13(22)14-5-8(17)24-2;2*1-3-6-11(7-4-9)8-5-10-2;/h22-25,28,37-40H,5-19H2,1-4H3,(H,29,35)(H,30,36)(H,31,41)(H,32,42);9-12,18-21H,3-5H2,1-2H3,(H,14,22);2*10H,3-9H2,1-2H3;1H/t22-,23-,24-,25+;9-,10-,11+,12-;;;/m01.../s1. The molecule has 0 rings (SSSR count). The van der Waals surface area contributed by atoms with Crippen LogP contribution in [0.25, 0.3) is 0 Å². The van der Waals surface area contributed by atoms with E-state index in [2.05, 4.69) is 101 Å². The van der Waals surface area contributed by atoms with Gasteiger partial charge in [-0.3, -0.25) is 38.4 Å². The number of unbranched alkanes of at least 4 members (excludes halogenated alkanes) is 1. The lowest BCUT2D eigenvalue weighted by molar-refractivity contribution is -0.156. The number of nitrogens with one attached hydrogen (secondary N) is 8. The molecule has 0 fully saturated rings. The molecule has 89 heavy (non-hydrogen) atoms. The summed E-state index contributed by atoms with van der Waals surface area (Å²) in [4.78, 5) is 102. The van der Waals surface area contributed by atoms with Crippen LogP contribution in [-0.2, 0) is 47.8 Å². The van der Waals surface area contributed by atoms with Crippen LogP contribution in [0.5, 0.6) is 0 Å². The maximum atomic E-state index is 12.2. The summed E-state index contributed by atoms with van der Waals surface area (Å²) >= 11 is 0. The van der Waals surface area contributed by atoms with E-state index < -0.39 is 122 Å². The van der Waals surface area contributed by atoms with Crippen molar-refractivity contribution in [3.63, 3.8) is 0 Å². The molecule has 0 aliphatic rings. The molecule has 0 aromatic carbocycles. The van der Waals surface area contributed by atoms with Gasteiger partial charge in [-0.1, -0.05) is 41.0 Å². The summed E-state index contributed by atoms with van der Waals surface area (Å²) in [6.07, 6.45) is -12.0. The average molecular weight is 1310 g/mol. The molecule has 0 aliphatic carbocycles. The molecule has 0 heterocycles. The molecule has 0 aromatic rings. The van der Waals surface area contributed by atoms with Gasteiger partial charge < -0.3 is 124 Å². The van der Waals surface area contributed by atoms with Gasteiger partial charge in [-0.25, -0.2) is 0 Å². The number of nitrogens with two attached hydrogens (primary N) is 2. The number of ketones is 1. The molecule has 0 bridgehead atoms. The maximum absolute atomic E-state index is 12.2. The lowest BCUT2D eigenvalue weighted by Gasteiger charge is -2.25. The molecule has 5 amide bonds. The zero-order valence-electron chi connectivity index (χ0n) is 54.8. The van der Waals surface area contributed by atoms with Crippen molar-refractivity contribution in [1.29, 1.82) is 0 Å². The van der Waals surface area contributed by atoms with Gasteiger partial charge in [0, 0.05) is 98.0 Å². The molecular weight excluding hydrogens is 1190 g/mol. The van der Waals surface area contributed by atoms with E-state index in [1.165, 1.54) is 25.9 Å². The summed E-state index contributed by atoms with van der Waals surface area (Å²) < 4.78 is 8.54. The number of amides is 5. The van der Waals surface area contributed by atoms with E-state index in [1.807, 2.05) is 26.5 Å². The molecule has 0 spiro atoms. The van der Waals surface area contributed by atoms with E-state index in [-0.39, 0.29) is 18.8 Å². The molecule has 8 atom stereocenters. The second kappa shape index (κ2) is 62.4. The van der Waals surface area contributed by atoms with Crippen LogP contribution in [0.2, 0.25) is 0 Å². The Hall–Kier alpha value is -4.43. The molecule has 32 nitrogen and oxygen atoms in total. The number of Topliss-reactive ketones (excluding diaryl/α,β-unsaturated/α-hetero) is 1. The van der Waals surface area contributed by atoms with Crippen LogP contribution in [-0.4, -0.2) is 336 Å². The average Bonchev–Trinajstić information content (AvgIpc) is 3.64. The van der Waals surface area contributed by atoms with Gasteiger partial charge >= 0.3 is 11.9 Å². The number of halogens is 1. The van der Waals surface area contributed by atoms with Crippen molar-refractivity contribution in [2.75, 3.05) is 179 Å². The predicted molar refractivity (Wildman–Crippen MR) is 340 cm³/mol. The first-order valence-electron chi connectivity index (χ1n) is 30.6. The third-order valence-electron chi connectivity index (χ3n) is 12.8. The molecule has 0 aromatic heterocycles. The van der Waals surface area contributed by atoms with E-state index in [0.29, 0.717) is 26.2 Å². The van der Waals surface area contributed by atoms with Gasteiger partial charge in [0.25, 0.3) is 17.7 Å². The third kappa shape index (κ3) is 49.9. The molecule has 0 aliphatic heterocycles. The van der Waals surface area contributed by atoms with E-state index in [1.54, 1.807) is 0 Å². The number of ether oxygens (including phenoxy) is 2. The number of hydrogen-bond acceptors (Lipinski definition) is 27. The number of rotatable bonds is 49. The summed E-state index contributed by atoms with van der Waals surface area (Å²) in [7, 11) is 7.98. The fraction of sp³-hybridized carbons (Fsp3) is 0.857. The van der Waals surface area contributed by atoms with Gasteiger partial charge in [0.1, 0.15) is 37.1 Å². The fourth-order valence-electron chi connectivity index (χ4n) is 7.75. The van der Waals surface area contributed by atoms with Crippen LogP contribution in [0.4, 0.5) is 0 Å². The summed E-state index contributed by atoms with van der Waals surface area (Å²) in [5, 5.41) is 99.7. The number of carbonyl (C=O) groups excluding carboxylic acids is 8. The fourth-order valence-corrected chi connectivity index (χ4v) is 7.75. The Bertz CT molecular complexity index is 1680. The Kier molecular flexibility index (Phi) is 65.4. The van der Waals surface area contributed by atoms with Gasteiger partial charge in [0.05, 0.1) is 33.7 Å². The van der Waals surface area contributed by atoms with Crippen molar-refractivity contribution >= 4 is 59.7 Å². The number of methoxy groups -OCH3 is 2. The number of carbonyl (C=O) groups is 8. The minimum Gasteiger partial charge on any atom is -0.469 e. The van der Waals surface area contributed by atoms with Gasteiger partial charge in [0.15, 0.2) is 24.1 Å². The Labute approximate surface area is 534 Å². The molecule has 528 valence electrons. The van der Waals surface area contributed by atoms with Crippen LogP contribution in [0, 0.1) is 0 Å². The van der Waals surface area contributed by atoms with Gasteiger partial charge in [-0.05, 0) is 86.0 Å². The highest BCUT2D eigenvalue weighted by molar-refractivity contribution is 5.89. The monoisotopic (exact) mass is 1310 g/mol. The Morgan fingerprint density at radius 2 is 0.685 bits per heavy atom. The SMILES string of the molecule is CCCCN(CCC)CCNC(=O)CNC(=O)[C@@H](O)[C@@H](O)[C@H](O)[C@@H](O)C(=O)NCC(=O)NCCN(CCC)CCNC.CCCN(CCN)CCNC.CCCN(CCN)CCNC.COC(=O)CCC(=O)[C@@H](O)[C@@H](O)[C@H](O)[C@@H](O)C(=O)NCC(=O)OC.Cl. The van der Waals surface area contributed by atoms with Gasteiger partial charge in [-0.15, -0.1) is 12.4 Å². The first-order chi connectivity index (χ1) is 41.9. The van der Waals surface area contributed by atoms with Crippen LogP contribution in [0.1, 0.15) is 86.0 Å². The minimum absolute atomic E-state index is 0. The van der Waals surface area contributed by atoms with E-state index in [4.69, 9.17) is 11.5 Å². The summed E-state index contributed by atoms with van der Waals surface area (Å²) in [6, 6.07) is 0. The molecule has 0 saturated heterocycles. The Morgan fingerprint density at radius 3 is 0.989 bits per heavy atom. The molecule has 33 heteroatoms. The molecule has 0 unspecified atom stereocenters. The number of esters is 2. The molecule has 20 N–H and O–H groups in total. The van der Waals surface area contributed by atoms with Crippen LogP contribution < -0.4 is 54.0 Å². The van der Waals surface area contributed by atoms with Crippen molar-refractivity contribution in [2.45, 2.75) is 135 Å². The van der Waals surface area contributed by atoms with Crippen LogP contribution in [0.3, 0.4) is 0 Å². The first-order valence-corrected chi connectivity index (χ1v) is 30.6. The van der Waals surface area contributed by atoms with Crippen LogP contribution in [0.15, 0.2) is 0 Å². The molecular formula is C56H119ClN14O18. The lowest BCUT2D eigenvalue weighted by atomic mass is 9.97. The molecule has 0 radical (unpaired) electrons. The van der Waals surface area contributed by atoms with E-state index in [0.717, 1.165) is 125 Å². The normalized spacial score (nSPS) is 13.6. The minimum atomic E-state index is -2.25. The van der Waals surface area contributed by atoms with Crippen LogP contribution >= 0.6 is 12.4 Å². The van der Waals surface area contributed by atoms with Crippen molar-refractivity contribution in [1.82, 2.24) is 62.1 Å². The highest BCUT2D eigenvalue weighted by Crippen LogP contribution is 2.10. The summed E-state index contributed by atoms with van der Waals surface area (Å²) in [5.74, 6) is -7.13. The third-order valence-corrected chi connectivity index (χ3v) is 12.8. The van der Waals surface area contributed by atoms with E-state index >= 15 is 0 Å². The lowest BCUT2D eigenvalue weighted by Crippen LogP contribution is -2.55. The number of likely N-dealkylation sites (N-methyl/N-ethyl adjacent to an activating group) is 3. The quantitative estimate of drug-likeness (QED) is 0.0252. The zero-order valence-corrected chi connectivity index (χ0v) is 55.7. The number of nitrogens with zero attached hydrogens (tertiary/aromatic N) is 4. The van der Waals surface area contributed by atoms with Gasteiger partial charge in [0.2, 0.25) is 11.8 Å². The van der Waals surface area contributed by atoms with E-state index in [9.17, 15) is 79.2 Å². The number of hydrogen-bond donors (Lipinski definition) is 18. The largest absolute Gasteiger partial charge is 0.469 e.